The first kappa shape index (κ1) is 17.2. The summed E-state index contributed by atoms with van der Waals surface area (Å²) in [6.07, 6.45) is -2.02. The van der Waals surface area contributed by atoms with E-state index in [-0.39, 0.29) is 36.4 Å². The standard InChI is InChI=1S/C11H14F3N3OS.ClH/c12-11(13,14)8-6-19-10(17-8)5-16-9(18)4-15-3-7-1-2-7;/h6-7,15H,1-5H2,(H,16,18);1H. The molecule has 4 nitrogen and oxygen atoms in total. The Morgan fingerprint density at radius 3 is 2.70 bits per heavy atom. The van der Waals surface area contributed by atoms with Crippen LogP contribution in [0.25, 0.3) is 0 Å². The molecule has 0 radical (unpaired) electrons. The maximum Gasteiger partial charge on any atom is 0.434 e. The lowest BCUT2D eigenvalue weighted by atomic mass is 10.4. The quantitative estimate of drug-likeness (QED) is 0.841. The van der Waals surface area contributed by atoms with Crippen molar-refractivity contribution in [2.75, 3.05) is 13.1 Å². The van der Waals surface area contributed by atoms with Crippen molar-refractivity contribution in [3.63, 3.8) is 0 Å². The highest BCUT2D eigenvalue weighted by atomic mass is 35.5. The molecule has 0 atom stereocenters. The average molecular weight is 330 g/mol. The second-order valence-electron chi connectivity index (χ2n) is 4.48. The van der Waals surface area contributed by atoms with Crippen LogP contribution in [-0.2, 0) is 17.5 Å². The first-order valence-electron chi connectivity index (χ1n) is 5.94. The third-order valence-electron chi connectivity index (χ3n) is 2.69. The van der Waals surface area contributed by atoms with Gasteiger partial charge < -0.3 is 10.6 Å². The van der Waals surface area contributed by atoms with E-state index in [1.165, 1.54) is 12.8 Å². The second kappa shape index (κ2) is 7.24. The van der Waals surface area contributed by atoms with Gasteiger partial charge in [-0.3, -0.25) is 4.79 Å². The van der Waals surface area contributed by atoms with Gasteiger partial charge in [0.15, 0.2) is 5.69 Å². The van der Waals surface area contributed by atoms with Crippen LogP contribution in [0.15, 0.2) is 5.38 Å². The van der Waals surface area contributed by atoms with Gasteiger partial charge in [-0.2, -0.15) is 13.2 Å². The van der Waals surface area contributed by atoms with E-state index < -0.39 is 11.9 Å². The van der Waals surface area contributed by atoms with Crippen molar-refractivity contribution in [1.82, 2.24) is 15.6 Å². The largest absolute Gasteiger partial charge is 0.434 e. The molecule has 2 N–H and O–H groups in total. The zero-order valence-corrected chi connectivity index (χ0v) is 12.1. The van der Waals surface area contributed by atoms with Crippen LogP contribution in [0.4, 0.5) is 13.2 Å². The van der Waals surface area contributed by atoms with E-state index >= 15 is 0 Å². The number of alkyl halides is 3. The van der Waals surface area contributed by atoms with E-state index in [1.807, 2.05) is 0 Å². The number of aromatic nitrogens is 1. The summed E-state index contributed by atoms with van der Waals surface area (Å²) in [5.74, 6) is 0.450. The normalized spacial score (nSPS) is 14.8. The number of hydrogen-bond donors (Lipinski definition) is 2. The molecule has 0 aromatic carbocycles. The summed E-state index contributed by atoms with van der Waals surface area (Å²) >= 11 is 0.891. The molecule has 1 amide bonds. The van der Waals surface area contributed by atoms with E-state index in [9.17, 15) is 18.0 Å². The lowest BCUT2D eigenvalue weighted by Crippen LogP contribution is -2.34. The molecule has 9 heteroatoms. The number of thiazole rings is 1. The third kappa shape index (κ3) is 5.64. The molecule has 1 aromatic heterocycles. The van der Waals surface area contributed by atoms with Crippen LogP contribution in [-0.4, -0.2) is 24.0 Å². The first-order valence-corrected chi connectivity index (χ1v) is 6.82. The molecule has 0 saturated heterocycles. The Bertz CT molecular complexity index is 448. The number of amides is 1. The highest BCUT2D eigenvalue weighted by Crippen LogP contribution is 2.30. The summed E-state index contributed by atoms with van der Waals surface area (Å²) in [4.78, 5) is 14.8. The van der Waals surface area contributed by atoms with E-state index in [0.29, 0.717) is 5.92 Å². The maximum atomic E-state index is 12.3. The molecule has 114 valence electrons. The van der Waals surface area contributed by atoms with Crippen molar-refractivity contribution < 1.29 is 18.0 Å². The van der Waals surface area contributed by atoms with Crippen LogP contribution < -0.4 is 10.6 Å². The highest BCUT2D eigenvalue weighted by Gasteiger charge is 2.33. The van der Waals surface area contributed by atoms with Gasteiger partial charge in [0.2, 0.25) is 5.91 Å². The summed E-state index contributed by atoms with van der Waals surface area (Å²) < 4.78 is 36.9. The molecule has 0 bridgehead atoms. The van der Waals surface area contributed by atoms with Crippen LogP contribution in [0.5, 0.6) is 0 Å². The van der Waals surface area contributed by atoms with Gasteiger partial charge in [-0.15, -0.1) is 23.7 Å². The smallest absolute Gasteiger partial charge is 0.348 e. The molecule has 0 aliphatic heterocycles. The molecule has 2 rings (SSSR count). The van der Waals surface area contributed by atoms with Gasteiger partial charge in [-0.1, -0.05) is 0 Å². The number of halogens is 4. The Morgan fingerprint density at radius 1 is 1.45 bits per heavy atom. The van der Waals surface area contributed by atoms with Crippen LogP contribution in [0, 0.1) is 5.92 Å². The van der Waals surface area contributed by atoms with Crippen LogP contribution in [0.2, 0.25) is 0 Å². The molecule has 0 unspecified atom stereocenters. The van der Waals surface area contributed by atoms with Crippen molar-refractivity contribution in [1.29, 1.82) is 0 Å². The monoisotopic (exact) mass is 329 g/mol. The van der Waals surface area contributed by atoms with E-state index in [4.69, 9.17) is 0 Å². The fourth-order valence-electron chi connectivity index (χ4n) is 1.47. The summed E-state index contributed by atoms with van der Waals surface area (Å²) in [6.45, 7) is 1.04. The first-order chi connectivity index (χ1) is 8.95. The molecular formula is C11H15ClF3N3OS. The molecule has 20 heavy (non-hydrogen) atoms. The summed E-state index contributed by atoms with van der Waals surface area (Å²) in [7, 11) is 0. The molecule has 1 aliphatic rings. The molecule has 0 spiro atoms. The minimum absolute atomic E-state index is 0. The number of nitrogens with one attached hydrogen (secondary N) is 2. The van der Waals surface area contributed by atoms with Gasteiger partial charge in [-0.05, 0) is 25.3 Å². The van der Waals surface area contributed by atoms with Crippen LogP contribution in [0.3, 0.4) is 0 Å². The van der Waals surface area contributed by atoms with Gasteiger partial charge in [0, 0.05) is 5.38 Å². The van der Waals surface area contributed by atoms with Crippen LogP contribution in [0.1, 0.15) is 23.5 Å². The fraction of sp³-hybridized carbons (Fsp3) is 0.636. The van der Waals surface area contributed by atoms with Gasteiger partial charge >= 0.3 is 6.18 Å². The van der Waals surface area contributed by atoms with Crippen LogP contribution >= 0.6 is 23.7 Å². The lowest BCUT2D eigenvalue weighted by Gasteiger charge is -2.04. The van der Waals surface area contributed by atoms with Gasteiger partial charge in [-0.25, -0.2) is 4.98 Å². The Balaban J connectivity index is 0.00000200. The van der Waals surface area contributed by atoms with Crippen molar-refractivity contribution in [2.45, 2.75) is 25.6 Å². The summed E-state index contributed by atoms with van der Waals surface area (Å²) in [5.41, 5.74) is -0.909. The number of rotatable bonds is 6. The van der Waals surface area contributed by atoms with Crippen molar-refractivity contribution in [3.8, 4) is 0 Å². The Morgan fingerprint density at radius 2 is 2.15 bits per heavy atom. The summed E-state index contributed by atoms with van der Waals surface area (Å²) in [5, 5.41) is 6.74. The van der Waals surface area contributed by atoms with Gasteiger partial charge in [0.1, 0.15) is 5.01 Å². The maximum absolute atomic E-state index is 12.3. The topological polar surface area (TPSA) is 54.0 Å². The van der Waals surface area contributed by atoms with E-state index in [1.54, 1.807) is 0 Å². The summed E-state index contributed by atoms with van der Waals surface area (Å²) in [6, 6.07) is 0. The average Bonchev–Trinajstić information content (AvgIpc) is 3.01. The Hall–Kier alpha value is -0.860. The number of nitrogens with zero attached hydrogens (tertiary/aromatic N) is 1. The minimum Gasteiger partial charge on any atom is -0.348 e. The fourth-order valence-corrected chi connectivity index (χ4v) is 2.21. The molecule has 1 saturated carbocycles. The van der Waals surface area contributed by atoms with E-state index in [0.717, 1.165) is 23.3 Å². The second-order valence-corrected chi connectivity index (χ2v) is 5.42. The number of carbonyl (C=O) groups excluding carboxylic acids is 1. The lowest BCUT2D eigenvalue weighted by molar-refractivity contribution is -0.140. The Labute approximate surface area is 124 Å². The molecular weight excluding hydrogens is 315 g/mol. The van der Waals surface area contributed by atoms with Crippen molar-refractivity contribution >= 4 is 29.7 Å². The molecule has 1 fully saturated rings. The predicted octanol–water partition coefficient (Wildman–Crippen LogP) is 2.20. The number of carbonyl (C=O) groups is 1. The van der Waals surface area contributed by atoms with E-state index in [2.05, 4.69) is 15.6 Å². The van der Waals surface area contributed by atoms with Crippen molar-refractivity contribution in [3.05, 3.63) is 16.1 Å². The highest BCUT2D eigenvalue weighted by molar-refractivity contribution is 7.09. The molecule has 1 aliphatic carbocycles. The molecule has 1 heterocycles. The van der Waals surface area contributed by atoms with Gasteiger partial charge in [0.25, 0.3) is 0 Å². The SMILES string of the molecule is Cl.O=C(CNCC1CC1)NCc1nc(C(F)(F)F)cs1. The predicted molar refractivity (Wildman–Crippen MR) is 71.8 cm³/mol. The van der Waals surface area contributed by atoms with Gasteiger partial charge in [0.05, 0.1) is 13.1 Å². The Kier molecular flexibility index (Phi) is 6.22. The zero-order chi connectivity index (χ0) is 13.9. The molecule has 1 aromatic rings. The number of hydrogen-bond acceptors (Lipinski definition) is 4. The zero-order valence-electron chi connectivity index (χ0n) is 10.5. The van der Waals surface area contributed by atoms with Crippen molar-refractivity contribution in [2.24, 2.45) is 5.92 Å². The third-order valence-corrected chi connectivity index (χ3v) is 3.54. The minimum atomic E-state index is -4.43.